The van der Waals surface area contributed by atoms with Gasteiger partial charge < -0.3 is 26.2 Å². The van der Waals surface area contributed by atoms with Crippen molar-refractivity contribution in [3.8, 4) is 0 Å². The van der Waals surface area contributed by atoms with Gasteiger partial charge in [-0.05, 0) is 55.7 Å². The molecule has 1 aromatic rings. The molecule has 1 saturated carbocycles. The second-order valence-corrected chi connectivity index (χ2v) is 11.7. The highest BCUT2D eigenvalue weighted by Crippen LogP contribution is 2.46. The summed E-state index contributed by atoms with van der Waals surface area (Å²) < 4.78 is 0. The molecule has 1 aliphatic carbocycles. The predicted octanol–water partition coefficient (Wildman–Crippen LogP) is 2.81. The van der Waals surface area contributed by atoms with Gasteiger partial charge >= 0.3 is 0 Å². The quantitative estimate of drug-likeness (QED) is 0.466. The van der Waals surface area contributed by atoms with Gasteiger partial charge in [-0.2, -0.15) is 0 Å². The Balaban J connectivity index is 1.70. The molecule has 0 aromatic heterocycles. The number of halogens is 1. The third-order valence-corrected chi connectivity index (χ3v) is 8.19. The van der Waals surface area contributed by atoms with Crippen molar-refractivity contribution in [1.29, 1.82) is 0 Å². The van der Waals surface area contributed by atoms with Crippen molar-refractivity contribution in [2.75, 3.05) is 19.7 Å². The first-order chi connectivity index (χ1) is 15.8. The van der Waals surface area contributed by atoms with Crippen LogP contribution in [0.2, 0.25) is 5.02 Å². The van der Waals surface area contributed by atoms with E-state index in [0.29, 0.717) is 50.2 Å². The molecule has 2 fully saturated rings. The molecule has 2 amide bonds. The van der Waals surface area contributed by atoms with Crippen LogP contribution >= 0.6 is 11.6 Å². The van der Waals surface area contributed by atoms with E-state index < -0.39 is 22.6 Å². The van der Waals surface area contributed by atoms with Gasteiger partial charge in [0.1, 0.15) is 6.04 Å². The maximum Gasteiger partial charge on any atom is 0.245 e. The Morgan fingerprint density at radius 2 is 1.88 bits per heavy atom. The first kappa shape index (κ1) is 26.9. The number of carbonyl (C=O) groups excluding carboxylic acids is 2. The molecule has 190 valence electrons. The third kappa shape index (κ3) is 5.43. The minimum absolute atomic E-state index is 0.00502. The normalized spacial score (nSPS) is 29.8. The van der Waals surface area contributed by atoms with Gasteiger partial charge in [-0.3, -0.25) is 9.59 Å². The molecule has 8 heteroatoms. The van der Waals surface area contributed by atoms with E-state index in [1.807, 2.05) is 39.8 Å². The lowest BCUT2D eigenvalue weighted by atomic mass is 9.66. The highest BCUT2D eigenvalue weighted by molar-refractivity contribution is 6.30. The first-order valence-corrected chi connectivity index (χ1v) is 12.7. The summed E-state index contributed by atoms with van der Waals surface area (Å²) in [7, 11) is 0. The number of nitrogens with zero attached hydrogens (tertiary/aromatic N) is 1. The van der Waals surface area contributed by atoms with Gasteiger partial charge in [0.25, 0.3) is 0 Å². The molecular weight excluding hydrogens is 454 g/mol. The topological polar surface area (TPSA) is 116 Å². The molecule has 4 atom stereocenters. The van der Waals surface area contributed by atoms with E-state index in [-0.39, 0.29) is 30.3 Å². The van der Waals surface area contributed by atoms with Gasteiger partial charge in [-0.25, -0.2) is 0 Å². The van der Waals surface area contributed by atoms with E-state index in [9.17, 15) is 19.8 Å². The van der Waals surface area contributed by atoms with Gasteiger partial charge in [-0.1, -0.05) is 51.4 Å². The Bertz CT molecular complexity index is 891. The van der Waals surface area contributed by atoms with Gasteiger partial charge in [0, 0.05) is 41.6 Å². The highest BCUT2D eigenvalue weighted by Gasteiger charge is 2.50. The Morgan fingerprint density at radius 3 is 2.44 bits per heavy atom. The molecule has 0 radical (unpaired) electrons. The fourth-order valence-electron chi connectivity index (χ4n) is 5.58. The monoisotopic (exact) mass is 493 g/mol. The number of hydrogen-bond donors (Lipinski definition) is 4. The lowest BCUT2D eigenvalue weighted by Gasteiger charge is -2.51. The molecule has 1 saturated heterocycles. The van der Waals surface area contributed by atoms with Crippen LogP contribution in [-0.4, -0.2) is 58.2 Å². The van der Waals surface area contributed by atoms with Crippen LogP contribution in [0.15, 0.2) is 24.3 Å². The maximum absolute atomic E-state index is 13.6. The average Bonchev–Trinajstić information content (AvgIpc) is 3.15. The van der Waals surface area contributed by atoms with E-state index in [0.717, 1.165) is 5.56 Å². The molecule has 1 aromatic carbocycles. The van der Waals surface area contributed by atoms with E-state index in [4.69, 9.17) is 17.3 Å². The third-order valence-electron chi connectivity index (χ3n) is 7.94. The second kappa shape index (κ2) is 10.1. The standard InChI is InChI=1S/C26H40ClN3O4/c1-17(2)21(29-22(32)18-9-10-25(28,15-18)12-14-31)23(33)30-13-11-26(34,24(3,4)16-30)19-5-7-20(27)8-6-19/h5-8,17-18,21,31,34H,9-16,28H2,1-4H3,(H,29,32)/t18-,21?,25?,26?/m1/s1. The van der Waals surface area contributed by atoms with Crippen LogP contribution in [0, 0.1) is 17.3 Å². The SMILES string of the molecule is CC(C)C(NC(=O)[C@@H]1CCC(N)(CCO)C1)C(=O)N1CCC(O)(c2ccc(Cl)cc2)C(C)(C)C1. The summed E-state index contributed by atoms with van der Waals surface area (Å²) in [6, 6.07) is 6.58. The number of nitrogens with one attached hydrogen (secondary N) is 1. The Hall–Kier alpha value is -1.67. The van der Waals surface area contributed by atoms with E-state index in [2.05, 4.69) is 5.32 Å². The van der Waals surface area contributed by atoms with Crippen molar-refractivity contribution in [3.63, 3.8) is 0 Å². The number of nitrogens with two attached hydrogens (primary N) is 1. The van der Waals surface area contributed by atoms with Crippen molar-refractivity contribution < 1.29 is 19.8 Å². The second-order valence-electron chi connectivity index (χ2n) is 11.3. The van der Waals surface area contributed by atoms with Crippen molar-refractivity contribution in [3.05, 3.63) is 34.9 Å². The summed E-state index contributed by atoms with van der Waals surface area (Å²) in [4.78, 5) is 28.4. The van der Waals surface area contributed by atoms with Crippen LogP contribution in [0.3, 0.4) is 0 Å². The predicted molar refractivity (Wildman–Crippen MR) is 133 cm³/mol. The molecular formula is C26H40ClN3O4. The largest absolute Gasteiger partial charge is 0.396 e. The zero-order valence-electron chi connectivity index (χ0n) is 20.8. The van der Waals surface area contributed by atoms with Crippen LogP contribution in [0.5, 0.6) is 0 Å². The van der Waals surface area contributed by atoms with Gasteiger partial charge in [-0.15, -0.1) is 0 Å². The molecule has 1 aliphatic heterocycles. The Morgan fingerprint density at radius 1 is 1.24 bits per heavy atom. The Labute approximate surface area is 208 Å². The number of aliphatic hydroxyl groups excluding tert-OH is 1. The summed E-state index contributed by atoms with van der Waals surface area (Å²) in [6.45, 7) is 8.55. The zero-order valence-corrected chi connectivity index (χ0v) is 21.6. The molecule has 3 unspecified atom stereocenters. The summed E-state index contributed by atoms with van der Waals surface area (Å²) in [5, 5.41) is 24.5. The van der Waals surface area contributed by atoms with Crippen molar-refractivity contribution in [1.82, 2.24) is 10.2 Å². The van der Waals surface area contributed by atoms with Crippen LogP contribution in [0.4, 0.5) is 0 Å². The lowest BCUT2D eigenvalue weighted by molar-refractivity contribution is -0.157. The summed E-state index contributed by atoms with van der Waals surface area (Å²) >= 11 is 6.03. The minimum Gasteiger partial charge on any atom is -0.396 e. The van der Waals surface area contributed by atoms with Crippen LogP contribution < -0.4 is 11.1 Å². The number of amides is 2. The van der Waals surface area contributed by atoms with Gasteiger partial charge in [0.2, 0.25) is 11.8 Å². The smallest absolute Gasteiger partial charge is 0.245 e. The van der Waals surface area contributed by atoms with Crippen LogP contribution in [0.1, 0.15) is 65.4 Å². The van der Waals surface area contributed by atoms with Crippen molar-refractivity contribution in [2.45, 2.75) is 77.0 Å². The van der Waals surface area contributed by atoms with E-state index in [1.54, 1.807) is 17.0 Å². The minimum atomic E-state index is -1.09. The molecule has 3 rings (SSSR count). The van der Waals surface area contributed by atoms with Crippen molar-refractivity contribution >= 4 is 23.4 Å². The molecule has 7 nitrogen and oxygen atoms in total. The molecule has 0 spiro atoms. The van der Waals surface area contributed by atoms with Gasteiger partial charge in [0.05, 0.1) is 5.60 Å². The molecule has 34 heavy (non-hydrogen) atoms. The lowest BCUT2D eigenvalue weighted by Crippen LogP contribution is -2.60. The highest BCUT2D eigenvalue weighted by atomic mass is 35.5. The number of rotatable bonds is 7. The number of aliphatic hydroxyl groups is 2. The van der Waals surface area contributed by atoms with Crippen LogP contribution in [0.25, 0.3) is 0 Å². The van der Waals surface area contributed by atoms with Crippen LogP contribution in [-0.2, 0) is 15.2 Å². The summed E-state index contributed by atoms with van der Waals surface area (Å²) in [5.74, 6) is -0.607. The van der Waals surface area contributed by atoms with Gasteiger partial charge in [0.15, 0.2) is 0 Å². The average molecular weight is 494 g/mol. The maximum atomic E-state index is 13.6. The first-order valence-electron chi connectivity index (χ1n) is 12.3. The fourth-order valence-corrected chi connectivity index (χ4v) is 5.71. The van der Waals surface area contributed by atoms with E-state index >= 15 is 0 Å². The molecule has 2 aliphatic rings. The number of likely N-dealkylation sites (tertiary alicyclic amines) is 1. The summed E-state index contributed by atoms with van der Waals surface area (Å²) in [5.41, 5.74) is 4.91. The zero-order chi connectivity index (χ0) is 25.3. The Kier molecular flexibility index (Phi) is 8.03. The van der Waals surface area contributed by atoms with E-state index in [1.165, 1.54) is 0 Å². The molecule has 5 N–H and O–H groups in total. The number of hydrogen-bond acceptors (Lipinski definition) is 5. The fraction of sp³-hybridized carbons (Fsp3) is 0.692. The van der Waals surface area contributed by atoms with Crippen molar-refractivity contribution in [2.24, 2.45) is 23.0 Å². The molecule has 0 bridgehead atoms. The molecule has 1 heterocycles. The summed E-state index contributed by atoms with van der Waals surface area (Å²) in [6.07, 6.45) is 2.74. The number of piperidine rings is 1. The number of carbonyl (C=O) groups is 2. The number of benzene rings is 1.